The molecule has 26 nitrogen and oxygen atoms in total. The third-order valence-electron chi connectivity index (χ3n) is 20.8. The number of rotatable bonds is 15. The lowest BCUT2D eigenvalue weighted by Gasteiger charge is -2.36. The first-order valence-corrected chi connectivity index (χ1v) is 39.3. The number of hydrogen-bond donors (Lipinski definition) is 1. The molecule has 112 heavy (non-hydrogen) atoms. The molecule has 8 aromatic rings. The molecule has 604 valence electrons. The van der Waals surface area contributed by atoms with E-state index in [0.717, 1.165) is 111 Å². The molecule has 5 aliphatic heterocycles. The van der Waals surface area contributed by atoms with Crippen molar-refractivity contribution < 1.29 is 36.9 Å². The maximum absolute atomic E-state index is 15.0. The van der Waals surface area contributed by atoms with Crippen LogP contribution in [0.5, 0.6) is 11.5 Å². The van der Waals surface area contributed by atoms with Gasteiger partial charge in [0.2, 0.25) is 5.28 Å². The van der Waals surface area contributed by atoms with E-state index in [0.29, 0.717) is 79.0 Å². The standard InChI is InChI=1S/C28H34F2N6O.C15H14ClF2N3O.C12H18N4O2.C12H20N4.C8H17N.C5H3BrN2O2/c1-18(2)36-11-12-37-28-23(29)13-19(14-25(28)36)27-24(30)17-32-26(33-27)15-20-5-6-22(16-31-20)35-9-7-21(8-10-35)34(3)4;1-8(2)21-3-4-22-14-10(17)5-9(6-12(14)21)13-11(18)7-19-15(16)20-13;1-14(2)10-5-7-15(8-6-10)11-3-4-12(13-9-11)16(17)18;1-15(2)10-5-7-16(8-6-10)11-3-4-12(13)14-9-11;1-9(2)8-6-4-3-5-7-8;6-4-1-2-5(7-3-4)8(9)10/h5-6,13-14,16-18,21H,7-12,15H2,1-4H3;5-8H,3-4H2,1-2H3;3-4,9-10H,5-8H2,1-2H3;3-4,9-10H,5-8H2,1-2H3,(H2,13,14);8H,3-7H2,1-2H3;1-3H. The number of hydrogen-bond acceptors (Lipinski definition) is 24. The number of nitro groups is 2. The van der Waals surface area contributed by atoms with Gasteiger partial charge < -0.3 is 79.5 Å². The van der Waals surface area contributed by atoms with Crippen molar-refractivity contribution in [2.24, 2.45) is 0 Å². The maximum Gasteiger partial charge on any atom is 0.363 e. The van der Waals surface area contributed by atoms with Gasteiger partial charge in [-0.2, -0.15) is 0 Å². The molecule has 32 heteroatoms. The van der Waals surface area contributed by atoms with E-state index in [-0.39, 0.29) is 51.9 Å². The summed E-state index contributed by atoms with van der Waals surface area (Å²) in [6, 6.07) is 23.2. The zero-order valence-electron chi connectivity index (χ0n) is 66.2. The monoisotopic (exact) mass is 1630 g/mol. The summed E-state index contributed by atoms with van der Waals surface area (Å²) in [7, 11) is 17.2. The van der Waals surface area contributed by atoms with Gasteiger partial charge in [0.15, 0.2) is 47.2 Å². The summed E-state index contributed by atoms with van der Waals surface area (Å²) in [5.74, 6) is -1.15. The molecular formula is C80H106BrClF4N20O6. The number of benzene rings is 2. The van der Waals surface area contributed by atoms with E-state index in [1.54, 1.807) is 30.5 Å². The molecule has 0 atom stereocenters. The summed E-state index contributed by atoms with van der Waals surface area (Å²) in [6.07, 6.45) is 23.3. The van der Waals surface area contributed by atoms with Crippen LogP contribution in [0.15, 0.2) is 114 Å². The number of aromatic nitrogens is 8. The molecule has 0 radical (unpaired) electrons. The van der Waals surface area contributed by atoms with Crippen LogP contribution in [0.3, 0.4) is 0 Å². The van der Waals surface area contributed by atoms with Crippen LogP contribution >= 0.6 is 27.5 Å². The average Bonchev–Trinajstić information content (AvgIpc) is 0.779. The normalized spacial score (nSPS) is 16.2. The zero-order valence-corrected chi connectivity index (χ0v) is 68.5. The smallest absolute Gasteiger partial charge is 0.363 e. The van der Waals surface area contributed by atoms with Crippen molar-refractivity contribution in [2.75, 3.05) is 152 Å². The lowest BCUT2D eigenvalue weighted by molar-refractivity contribution is -0.389. The van der Waals surface area contributed by atoms with Crippen LogP contribution in [0.1, 0.15) is 110 Å². The zero-order chi connectivity index (χ0) is 80.9. The molecule has 6 aliphatic rings. The molecular weight excluding hydrogens is 1530 g/mol. The van der Waals surface area contributed by atoms with E-state index >= 15 is 0 Å². The number of nitrogen functional groups attached to an aromatic ring is 1. The number of ether oxygens (including phenoxy) is 2. The second kappa shape index (κ2) is 41.5. The van der Waals surface area contributed by atoms with Crippen molar-refractivity contribution in [3.8, 4) is 34.0 Å². The van der Waals surface area contributed by atoms with Crippen LogP contribution < -0.4 is 39.7 Å². The maximum atomic E-state index is 15.0. The minimum Gasteiger partial charge on any atom is -0.486 e. The Balaban J connectivity index is 0.000000165. The van der Waals surface area contributed by atoms with Gasteiger partial charge in [0.05, 0.1) is 77.2 Å². The summed E-state index contributed by atoms with van der Waals surface area (Å²) < 4.78 is 69.8. The first kappa shape index (κ1) is 86.7. The van der Waals surface area contributed by atoms with Gasteiger partial charge in [-0.05, 0) is 243 Å². The molecule has 11 heterocycles. The lowest BCUT2D eigenvalue weighted by Crippen LogP contribution is -2.42. The minimum atomic E-state index is -0.656. The van der Waals surface area contributed by atoms with Crippen molar-refractivity contribution in [3.63, 3.8) is 0 Å². The quantitative estimate of drug-likeness (QED) is 0.0432. The Morgan fingerprint density at radius 1 is 0.491 bits per heavy atom. The lowest BCUT2D eigenvalue weighted by atomic mass is 9.95. The van der Waals surface area contributed by atoms with Crippen molar-refractivity contribution in [2.45, 2.75) is 141 Å². The second-order valence-electron chi connectivity index (χ2n) is 29.9. The third-order valence-corrected chi connectivity index (χ3v) is 21.5. The number of nitrogens with zero attached hydrogens (tertiary/aromatic N) is 19. The third kappa shape index (κ3) is 24.4. The van der Waals surface area contributed by atoms with Gasteiger partial charge >= 0.3 is 11.6 Å². The molecule has 4 fully saturated rings. The summed E-state index contributed by atoms with van der Waals surface area (Å²) >= 11 is 8.82. The van der Waals surface area contributed by atoms with E-state index < -0.39 is 33.1 Å². The summed E-state index contributed by atoms with van der Waals surface area (Å²) in [4.78, 5) is 72.0. The summed E-state index contributed by atoms with van der Waals surface area (Å²) in [5.41, 5.74) is 11.5. The topological polar surface area (TPSA) is 263 Å². The van der Waals surface area contributed by atoms with Gasteiger partial charge in [0, 0.05) is 104 Å². The predicted octanol–water partition coefficient (Wildman–Crippen LogP) is 14.6. The largest absolute Gasteiger partial charge is 0.486 e. The van der Waals surface area contributed by atoms with E-state index in [1.807, 2.05) is 57.1 Å². The van der Waals surface area contributed by atoms with Crippen LogP contribution in [-0.4, -0.2) is 228 Å². The van der Waals surface area contributed by atoms with Crippen LogP contribution in [0, 0.1) is 43.5 Å². The van der Waals surface area contributed by atoms with Crippen LogP contribution in [0.4, 0.5) is 63.5 Å². The number of anilines is 6. The Morgan fingerprint density at radius 3 is 1.27 bits per heavy atom. The van der Waals surface area contributed by atoms with Crippen molar-refractivity contribution in [3.05, 3.63) is 175 Å². The van der Waals surface area contributed by atoms with E-state index in [9.17, 15) is 37.8 Å². The highest BCUT2D eigenvalue weighted by Gasteiger charge is 2.30. The average molecular weight is 1640 g/mol. The van der Waals surface area contributed by atoms with Gasteiger partial charge in [-0.1, -0.05) is 19.3 Å². The number of fused-ring (bicyclic) bond motifs is 2. The molecule has 1 saturated carbocycles. The fraction of sp³-hybridized carbons (Fsp3) is 0.500. The highest BCUT2D eigenvalue weighted by molar-refractivity contribution is 9.10. The SMILES string of the molecule is CC(C)N1CCOc2c(F)cc(-c3nc(Cc4ccc(N5CCC(N(C)C)CC5)cn4)ncc3F)cc21.CC(C)N1CCOc2c(F)cc(-c3nc(Cl)ncc3F)cc21.CN(C)C1CCCCC1.CN(C)C1CCN(c2ccc(N)nc2)CC1.CN(C)C1CCN(c2ccc([N+](=O)[O-])nc2)CC1.O=[N+]([O-])c1ccc(Br)cn1. The van der Waals surface area contributed by atoms with Crippen LogP contribution in [-0.2, 0) is 6.42 Å². The minimum absolute atomic E-state index is 0.0315. The predicted molar refractivity (Wildman–Crippen MR) is 438 cm³/mol. The van der Waals surface area contributed by atoms with E-state index in [1.165, 1.54) is 81.1 Å². The fourth-order valence-electron chi connectivity index (χ4n) is 14.3. The Labute approximate surface area is 668 Å². The number of nitrogens with two attached hydrogens (primary N) is 1. The van der Waals surface area contributed by atoms with Crippen molar-refractivity contribution >= 4 is 73.4 Å². The number of halogens is 6. The number of pyridine rings is 4. The molecule has 0 bridgehead atoms. The first-order chi connectivity index (χ1) is 53.5. The van der Waals surface area contributed by atoms with Gasteiger partial charge in [-0.3, -0.25) is 4.98 Å². The van der Waals surface area contributed by atoms with Gasteiger partial charge in [-0.25, -0.2) is 42.5 Å². The summed E-state index contributed by atoms with van der Waals surface area (Å²) in [6.45, 7) is 16.3. The van der Waals surface area contributed by atoms with Crippen molar-refractivity contribution in [1.82, 2.24) is 59.5 Å². The second-order valence-corrected chi connectivity index (χ2v) is 31.1. The summed E-state index contributed by atoms with van der Waals surface area (Å²) in [5, 5.41) is 20.5. The molecule has 0 spiro atoms. The highest BCUT2D eigenvalue weighted by atomic mass is 79.9. The molecule has 0 amide bonds. The van der Waals surface area contributed by atoms with E-state index in [4.69, 9.17) is 26.8 Å². The Kier molecular flexibility index (Phi) is 32.1. The van der Waals surface area contributed by atoms with Gasteiger partial charge in [0.25, 0.3) is 0 Å². The van der Waals surface area contributed by atoms with Gasteiger partial charge in [0.1, 0.15) is 36.2 Å². The first-order valence-electron chi connectivity index (χ1n) is 38.1. The molecule has 1 aliphatic carbocycles. The van der Waals surface area contributed by atoms with E-state index in [2.05, 4.69) is 164 Å². The molecule has 3 saturated heterocycles. The van der Waals surface area contributed by atoms with Crippen molar-refractivity contribution in [1.29, 1.82) is 0 Å². The number of piperidine rings is 3. The highest BCUT2D eigenvalue weighted by Crippen LogP contribution is 2.42. The molecule has 2 N–H and O–H groups in total. The Bertz CT molecular complexity index is 4310. The Hall–Kier alpha value is -9.27. The van der Waals surface area contributed by atoms with Crippen LogP contribution in [0.2, 0.25) is 5.28 Å². The molecule has 2 aromatic carbocycles. The van der Waals surface area contributed by atoms with Crippen LogP contribution in [0.25, 0.3) is 22.5 Å². The molecule has 6 aromatic heterocycles. The molecule has 0 unspecified atom stereocenters. The Morgan fingerprint density at radius 2 is 0.893 bits per heavy atom. The molecule has 14 rings (SSSR count). The van der Waals surface area contributed by atoms with Gasteiger partial charge in [-0.15, -0.1) is 0 Å². The fourth-order valence-corrected chi connectivity index (χ4v) is 14.7.